The van der Waals surface area contributed by atoms with Crippen LogP contribution in [0.15, 0.2) is 122 Å². The molecule has 2 saturated heterocycles. The Morgan fingerprint density at radius 2 is 0.894 bits per heavy atom. The number of alkyl carbamates (subject to hydrolysis) is 2. The van der Waals surface area contributed by atoms with Gasteiger partial charge in [0, 0.05) is 25.5 Å². The number of rotatable bonds is 11. The summed E-state index contributed by atoms with van der Waals surface area (Å²) in [6.45, 7) is 11.9. The van der Waals surface area contributed by atoms with Crippen molar-refractivity contribution in [3.8, 4) is 32.0 Å². The van der Waals surface area contributed by atoms with E-state index in [1.165, 1.54) is 0 Å². The van der Waals surface area contributed by atoms with Crippen molar-refractivity contribution in [3.63, 3.8) is 0 Å². The molecule has 0 unspecified atom stereocenters. The molecule has 2 aliphatic heterocycles. The average molecular weight is 925 g/mol. The van der Waals surface area contributed by atoms with Crippen molar-refractivity contribution in [2.24, 2.45) is 0 Å². The van der Waals surface area contributed by atoms with Gasteiger partial charge in [0.05, 0.1) is 21.8 Å². The smallest absolute Gasteiger partial charge is 0.408 e. The Morgan fingerprint density at radius 3 is 1.24 bits per heavy atom. The minimum atomic E-state index is -0.890. The maximum absolute atomic E-state index is 14.2. The topological polar surface area (TPSA) is 143 Å². The van der Waals surface area contributed by atoms with Gasteiger partial charge in [-0.25, -0.2) is 19.6 Å². The van der Waals surface area contributed by atoms with Crippen LogP contribution < -0.4 is 10.6 Å². The van der Waals surface area contributed by atoms with Crippen molar-refractivity contribution in [3.05, 3.63) is 143 Å². The minimum Gasteiger partial charge on any atom is -0.444 e. The molecular weight excluding hydrogens is 869 g/mol. The van der Waals surface area contributed by atoms with Crippen molar-refractivity contribution in [2.75, 3.05) is 13.1 Å². The molecular formula is C52H56N6O6S2. The minimum absolute atomic E-state index is 0.187. The van der Waals surface area contributed by atoms with E-state index in [9.17, 15) is 19.2 Å². The van der Waals surface area contributed by atoms with Gasteiger partial charge in [-0.05, 0) is 101 Å². The lowest BCUT2D eigenvalue weighted by Gasteiger charge is -2.29. The van der Waals surface area contributed by atoms with Gasteiger partial charge in [0.15, 0.2) is 0 Å². The van der Waals surface area contributed by atoms with Crippen LogP contribution in [0.25, 0.3) is 32.0 Å². The zero-order valence-electron chi connectivity index (χ0n) is 38.2. The second-order valence-corrected chi connectivity index (χ2v) is 20.8. The van der Waals surface area contributed by atoms with E-state index in [1.807, 2.05) is 82.9 Å². The number of amides is 4. The maximum Gasteiger partial charge on any atom is 0.408 e. The van der Waals surface area contributed by atoms with E-state index < -0.39 is 35.5 Å². The lowest BCUT2D eigenvalue weighted by Crippen LogP contribution is -2.44. The van der Waals surface area contributed by atoms with Crippen LogP contribution in [0.5, 0.6) is 0 Å². The average Bonchev–Trinajstić information content (AvgIpc) is 4.14. The number of hydrogen-bond donors (Lipinski definition) is 2. The zero-order valence-corrected chi connectivity index (χ0v) is 39.8. The molecule has 0 aliphatic carbocycles. The molecule has 2 fully saturated rings. The third-order valence-corrected chi connectivity index (χ3v) is 13.7. The lowest BCUT2D eigenvalue weighted by atomic mass is 10.0. The van der Waals surface area contributed by atoms with E-state index in [0.717, 1.165) is 67.7 Å². The molecule has 2 aromatic heterocycles. The Balaban J connectivity index is 0.922. The van der Waals surface area contributed by atoms with E-state index in [0.29, 0.717) is 24.2 Å². The zero-order chi connectivity index (χ0) is 46.6. The van der Waals surface area contributed by atoms with Gasteiger partial charge in [0.1, 0.15) is 33.3 Å². The van der Waals surface area contributed by atoms with Gasteiger partial charge in [0.2, 0.25) is 0 Å². The standard InChI is InChI=1S/C52H56N6O6S2/c1-51(2,3)63-49(61)55-43(37-15-9-7-10-16-37)47(59)57-29-13-19-39(57)45-53-31-41(65-45)35-25-21-33(22-26-35)34-23-27-36(28-24-34)42-32-54-46(66-42)40-20-14-30-58(40)48(60)44(38-17-11-8-12-18-38)56-50(62)64-52(4,5)6/h7-12,15-18,21-28,31-32,39-40,43-44H,13-14,19-20,29-30H2,1-6H3,(H,55,61)(H,56,62)/t39-,40-,43-,44-/m0/s1. The molecule has 4 aromatic carbocycles. The second kappa shape index (κ2) is 19.6. The SMILES string of the molecule is CC(C)(C)OC(=O)N[C@H](C(=O)N1CCC[C@H]1c1ncc(-c2ccc(-c3ccc(-c4cnc([C@@H]5CCCN5C(=O)[C@@H](NC(=O)OC(C)(C)C)c5ccccc5)s4)cc3)cc2)s1)c1ccccc1. The number of aromatic nitrogens is 2. The van der Waals surface area contributed by atoms with Gasteiger partial charge in [-0.2, -0.15) is 0 Å². The molecule has 0 spiro atoms. The highest BCUT2D eigenvalue weighted by atomic mass is 32.1. The van der Waals surface area contributed by atoms with Crippen LogP contribution >= 0.6 is 22.7 Å². The number of thiazole rings is 2. The monoisotopic (exact) mass is 924 g/mol. The summed E-state index contributed by atoms with van der Waals surface area (Å²) in [6, 6.07) is 33.2. The Morgan fingerprint density at radius 1 is 0.545 bits per heavy atom. The Bertz CT molecular complexity index is 2450. The molecule has 2 aliphatic rings. The normalized spacial score (nSPS) is 17.2. The predicted molar refractivity (Wildman–Crippen MR) is 259 cm³/mol. The van der Waals surface area contributed by atoms with Gasteiger partial charge in [0.25, 0.3) is 11.8 Å². The Labute approximate surface area is 394 Å². The first-order valence-corrected chi connectivity index (χ1v) is 24.1. The summed E-state index contributed by atoms with van der Waals surface area (Å²) >= 11 is 3.17. The fraction of sp³-hybridized carbons (Fsp3) is 0.346. The van der Waals surface area contributed by atoms with Crippen LogP contribution in [0.1, 0.15) is 113 Å². The van der Waals surface area contributed by atoms with E-state index in [-0.39, 0.29) is 23.9 Å². The van der Waals surface area contributed by atoms with Crippen molar-refractivity contribution >= 4 is 46.7 Å². The number of nitrogens with zero attached hydrogens (tertiary/aromatic N) is 4. The lowest BCUT2D eigenvalue weighted by molar-refractivity contribution is -0.135. The molecule has 0 radical (unpaired) electrons. The van der Waals surface area contributed by atoms with Crippen LogP contribution in [0.4, 0.5) is 9.59 Å². The third kappa shape index (κ3) is 11.0. The summed E-state index contributed by atoms with van der Waals surface area (Å²) in [5, 5.41) is 7.40. The van der Waals surface area contributed by atoms with Crippen LogP contribution in [0, 0.1) is 0 Å². The summed E-state index contributed by atoms with van der Waals surface area (Å²) in [7, 11) is 0. The first-order valence-electron chi connectivity index (χ1n) is 22.4. The molecule has 342 valence electrons. The van der Waals surface area contributed by atoms with Crippen LogP contribution in [-0.2, 0) is 19.1 Å². The van der Waals surface area contributed by atoms with Gasteiger partial charge in [-0.15, -0.1) is 22.7 Å². The predicted octanol–water partition coefficient (Wildman–Crippen LogP) is 11.5. The quantitative estimate of drug-likeness (QED) is 0.131. The summed E-state index contributed by atoms with van der Waals surface area (Å²) < 4.78 is 11.1. The Hall–Kier alpha value is -6.38. The highest BCUT2D eigenvalue weighted by Crippen LogP contribution is 2.41. The van der Waals surface area contributed by atoms with Gasteiger partial charge in [-0.1, -0.05) is 109 Å². The van der Waals surface area contributed by atoms with E-state index in [1.54, 1.807) is 64.2 Å². The maximum atomic E-state index is 14.2. The first-order chi connectivity index (χ1) is 31.6. The van der Waals surface area contributed by atoms with E-state index in [2.05, 4.69) is 59.2 Å². The molecule has 4 amide bonds. The Kier molecular flexibility index (Phi) is 13.7. The summed E-state index contributed by atoms with van der Waals surface area (Å²) in [4.78, 5) is 69.5. The molecule has 4 atom stereocenters. The summed E-state index contributed by atoms with van der Waals surface area (Å²) in [5.41, 5.74) is 4.20. The molecule has 8 rings (SSSR count). The number of carbonyl (C=O) groups is 4. The fourth-order valence-electron chi connectivity index (χ4n) is 8.43. The number of nitrogens with one attached hydrogen (secondary N) is 2. The molecule has 2 N–H and O–H groups in total. The van der Waals surface area contributed by atoms with Gasteiger partial charge < -0.3 is 29.9 Å². The van der Waals surface area contributed by atoms with Crippen LogP contribution in [-0.4, -0.2) is 68.1 Å². The number of likely N-dealkylation sites (tertiary alicyclic amines) is 2. The highest BCUT2D eigenvalue weighted by molar-refractivity contribution is 7.15. The van der Waals surface area contributed by atoms with Gasteiger partial charge in [-0.3, -0.25) is 9.59 Å². The number of ether oxygens (including phenoxy) is 2. The van der Waals surface area contributed by atoms with E-state index in [4.69, 9.17) is 19.4 Å². The molecule has 0 saturated carbocycles. The fourth-order valence-corrected chi connectivity index (χ4v) is 10.6. The van der Waals surface area contributed by atoms with Crippen molar-refractivity contribution in [2.45, 2.75) is 103 Å². The molecule has 6 aromatic rings. The third-order valence-electron chi connectivity index (χ3n) is 11.4. The van der Waals surface area contributed by atoms with Crippen molar-refractivity contribution in [1.82, 2.24) is 30.4 Å². The van der Waals surface area contributed by atoms with Gasteiger partial charge >= 0.3 is 12.2 Å². The molecule has 66 heavy (non-hydrogen) atoms. The molecule has 0 bridgehead atoms. The van der Waals surface area contributed by atoms with Crippen molar-refractivity contribution in [1.29, 1.82) is 0 Å². The van der Waals surface area contributed by atoms with Crippen LogP contribution in [0.2, 0.25) is 0 Å². The first kappa shape index (κ1) is 46.2. The van der Waals surface area contributed by atoms with Crippen LogP contribution in [0.3, 0.4) is 0 Å². The molecule has 4 heterocycles. The largest absolute Gasteiger partial charge is 0.444 e. The summed E-state index contributed by atoms with van der Waals surface area (Å²) in [6.07, 6.45) is 5.72. The molecule has 12 nitrogen and oxygen atoms in total. The highest BCUT2D eigenvalue weighted by Gasteiger charge is 2.39. The summed E-state index contributed by atoms with van der Waals surface area (Å²) in [5.74, 6) is -0.374. The van der Waals surface area contributed by atoms with E-state index >= 15 is 0 Å². The second-order valence-electron chi connectivity index (χ2n) is 18.6. The number of hydrogen-bond acceptors (Lipinski definition) is 10. The number of benzene rings is 4. The van der Waals surface area contributed by atoms with Crippen molar-refractivity contribution < 1.29 is 28.7 Å². The number of carbonyl (C=O) groups excluding carboxylic acids is 4. The molecule has 14 heteroatoms.